The Morgan fingerprint density at radius 1 is 1.04 bits per heavy atom. The average Bonchev–Trinajstić information content (AvgIpc) is 2.68. The number of hydrogen-bond donors (Lipinski definition) is 2. The van der Waals surface area contributed by atoms with Crippen molar-refractivity contribution in [2.24, 2.45) is 0 Å². The molecule has 2 aromatic rings. The number of carbonyl (C=O) groups excluding carboxylic acids is 1. The van der Waals surface area contributed by atoms with Crippen molar-refractivity contribution in [3.8, 4) is 23.0 Å². The third kappa shape index (κ3) is 3.93. The lowest BCUT2D eigenvalue weighted by molar-refractivity contribution is -0.116. The van der Waals surface area contributed by atoms with Gasteiger partial charge in [-0.15, -0.1) is 0 Å². The van der Waals surface area contributed by atoms with Gasteiger partial charge in [-0.25, -0.2) is 0 Å². The molecule has 1 atom stereocenters. The van der Waals surface area contributed by atoms with Crippen LogP contribution in [0.4, 0.5) is 11.4 Å². The second-order valence-electron chi connectivity index (χ2n) is 5.78. The lowest BCUT2D eigenvalue weighted by Crippen LogP contribution is -2.32. The molecule has 1 aliphatic rings. The Morgan fingerprint density at radius 2 is 1.81 bits per heavy atom. The van der Waals surface area contributed by atoms with Crippen LogP contribution in [0, 0.1) is 0 Å². The molecule has 0 saturated carbocycles. The molecular weight excluding hydrogens is 336 g/mol. The van der Waals surface area contributed by atoms with E-state index in [2.05, 4.69) is 10.6 Å². The van der Waals surface area contributed by atoms with Crippen LogP contribution < -0.4 is 29.6 Å². The summed E-state index contributed by atoms with van der Waals surface area (Å²) in [4.78, 5) is 12.5. The first-order chi connectivity index (χ1) is 12.6. The Morgan fingerprint density at radius 3 is 2.54 bits per heavy atom. The maximum atomic E-state index is 12.5. The van der Waals surface area contributed by atoms with Gasteiger partial charge in [-0.1, -0.05) is 0 Å². The van der Waals surface area contributed by atoms with Crippen molar-refractivity contribution in [1.82, 2.24) is 0 Å². The third-order valence-electron chi connectivity index (χ3n) is 3.98. The highest BCUT2D eigenvalue weighted by molar-refractivity contribution is 5.96. The molecule has 0 aromatic heterocycles. The molecule has 26 heavy (non-hydrogen) atoms. The summed E-state index contributed by atoms with van der Waals surface area (Å²) >= 11 is 0. The fraction of sp³-hybridized carbons (Fsp3) is 0.316. The molecule has 7 heteroatoms. The first-order valence-corrected chi connectivity index (χ1v) is 8.30. The molecule has 1 amide bonds. The summed E-state index contributed by atoms with van der Waals surface area (Å²) in [6, 6.07) is 10.2. The van der Waals surface area contributed by atoms with E-state index < -0.39 is 6.04 Å². The van der Waals surface area contributed by atoms with Gasteiger partial charge in [-0.2, -0.15) is 0 Å². The summed E-state index contributed by atoms with van der Waals surface area (Å²) < 4.78 is 21.5. The van der Waals surface area contributed by atoms with Gasteiger partial charge in [0.15, 0.2) is 11.5 Å². The molecule has 2 N–H and O–H groups in total. The zero-order valence-corrected chi connectivity index (χ0v) is 15.0. The van der Waals surface area contributed by atoms with Crippen LogP contribution in [0.25, 0.3) is 0 Å². The van der Waals surface area contributed by atoms with Gasteiger partial charge in [-0.05, 0) is 31.2 Å². The summed E-state index contributed by atoms with van der Waals surface area (Å²) in [6.45, 7) is 2.81. The summed E-state index contributed by atoms with van der Waals surface area (Å²) in [5, 5.41) is 6.02. The van der Waals surface area contributed by atoms with Crippen LogP contribution in [-0.2, 0) is 4.79 Å². The standard InChI is InChI=1S/C19H22N2O5/c1-12(20-15-6-5-14(23-2)11-17(15)24-3)19(22)21-13-4-7-16-18(10-13)26-9-8-25-16/h4-7,10-12,20H,8-9H2,1-3H3,(H,21,22)/t12-/m0/s1. The zero-order chi connectivity index (χ0) is 18.5. The number of methoxy groups -OCH3 is 2. The molecule has 0 saturated heterocycles. The van der Waals surface area contributed by atoms with Crippen LogP contribution in [0.2, 0.25) is 0 Å². The van der Waals surface area contributed by atoms with E-state index in [4.69, 9.17) is 18.9 Å². The van der Waals surface area contributed by atoms with Crippen molar-refractivity contribution in [2.75, 3.05) is 38.1 Å². The second-order valence-corrected chi connectivity index (χ2v) is 5.78. The molecule has 138 valence electrons. The fourth-order valence-electron chi connectivity index (χ4n) is 2.59. The number of rotatable bonds is 6. The molecule has 0 unspecified atom stereocenters. The Labute approximate surface area is 152 Å². The number of fused-ring (bicyclic) bond motifs is 1. The Hall–Kier alpha value is -3.09. The van der Waals surface area contributed by atoms with Crippen LogP contribution >= 0.6 is 0 Å². The summed E-state index contributed by atoms with van der Waals surface area (Å²) in [5.41, 5.74) is 1.35. The number of hydrogen-bond acceptors (Lipinski definition) is 6. The van der Waals surface area contributed by atoms with E-state index in [9.17, 15) is 4.79 Å². The van der Waals surface area contributed by atoms with Crippen molar-refractivity contribution in [2.45, 2.75) is 13.0 Å². The van der Waals surface area contributed by atoms with Gasteiger partial charge in [0.2, 0.25) is 5.91 Å². The predicted octanol–water partition coefficient (Wildman–Crippen LogP) is 2.91. The van der Waals surface area contributed by atoms with Gasteiger partial charge >= 0.3 is 0 Å². The van der Waals surface area contributed by atoms with E-state index in [0.29, 0.717) is 47.6 Å². The van der Waals surface area contributed by atoms with Crippen LogP contribution in [0.1, 0.15) is 6.92 Å². The van der Waals surface area contributed by atoms with Gasteiger partial charge in [0.05, 0.1) is 19.9 Å². The van der Waals surface area contributed by atoms with Crippen molar-refractivity contribution < 1.29 is 23.7 Å². The minimum absolute atomic E-state index is 0.181. The molecule has 0 spiro atoms. The molecule has 0 aliphatic carbocycles. The van der Waals surface area contributed by atoms with Gasteiger partial charge < -0.3 is 29.6 Å². The van der Waals surface area contributed by atoms with Crippen LogP contribution in [-0.4, -0.2) is 39.4 Å². The predicted molar refractivity (Wildman–Crippen MR) is 98.7 cm³/mol. The monoisotopic (exact) mass is 358 g/mol. The molecule has 0 radical (unpaired) electrons. The third-order valence-corrected chi connectivity index (χ3v) is 3.98. The highest BCUT2D eigenvalue weighted by Gasteiger charge is 2.17. The van der Waals surface area contributed by atoms with Gasteiger partial charge in [-0.3, -0.25) is 4.79 Å². The lowest BCUT2D eigenvalue weighted by Gasteiger charge is -2.20. The maximum Gasteiger partial charge on any atom is 0.246 e. The number of benzene rings is 2. The molecular formula is C19H22N2O5. The second kappa shape index (κ2) is 7.86. The topological polar surface area (TPSA) is 78.1 Å². The molecule has 3 rings (SSSR count). The molecule has 0 fully saturated rings. The molecule has 1 heterocycles. The van der Waals surface area contributed by atoms with E-state index in [1.165, 1.54) is 0 Å². The Bertz CT molecular complexity index is 793. The number of carbonyl (C=O) groups is 1. The first-order valence-electron chi connectivity index (χ1n) is 8.30. The molecule has 7 nitrogen and oxygen atoms in total. The smallest absolute Gasteiger partial charge is 0.246 e. The number of amides is 1. The van der Waals surface area contributed by atoms with E-state index in [1.807, 2.05) is 6.07 Å². The van der Waals surface area contributed by atoms with Crippen LogP contribution in [0.15, 0.2) is 36.4 Å². The highest BCUT2D eigenvalue weighted by atomic mass is 16.6. The van der Waals surface area contributed by atoms with E-state index in [-0.39, 0.29) is 5.91 Å². The Balaban J connectivity index is 1.66. The van der Waals surface area contributed by atoms with Crippen molar-refractivity contribution >= 4 is 17.3 Å². The minimum Gasteiger partial charge on any atom is -0.497 e. The van der Waals surface area contributed by atoms with Crippen LogP contribution in [0.3, 0.4) is 0 Å². The van der Waals surface area contributed by atoms with E-state index >= 15 is 0 Å². The van der Waals surface area contributed by atoms with Gasteiger partial charge in [0, 0.05) is 17.8 Å². The number of nitrogens with one attached hydrogen (secondary N) is 2. The normalized spacial score (nSPS) is 13.5. The van der Waals surface area contributed by atoms with Gasteiger partial charge in [0.1, 0.15) is 30.8 Å². The van der Waals surface area contributed by atoms with E-state index in [1.54, 1.807) is 51.5 Å². The molecule has 1 aliphatic heterocycles. The maximum absolute atomic E-state index is 12.5. The zero-order valence-electron chi connectivity index (χ0n) is 15.0. The molecule has 0 bridgehead atoms. The van der Waals surface area contributed by atoms with Gasteiger partial charge in [0.25, 0.3) is 0 Å². The van der Waals surface area contributed by atoms with Crippen molar-refractivity contribution in [1.29, 1.82) is 0 Å². The van der Waals surface area contributed by atoms with E-state index in [0.717, 1.165) is 0 Å². The summed E-state index contributed by atoms with van der Waals surface area (Å²) in [7, 11) is 3.16. The first kappa shape index (κ1) is 17.7. The molecule has 2 aromatic carbocycles. The summed E-state index contributed by atoms with van der Waals surface area (Å²) in [5.74, 6) is 2.42. The highest BCUT2D eigenvalue weighted by Crippen LogP contribution is 2.33. The summed E-state index contributed by atoms with van der Waals surface area (Å²) in [6.07, 6.45) is 0. The van der Waals surface area contributed by atoms with Crippen molar-refractivity contribution in [3.63, 3.8) is 0 Å². The SMILES string of the molecule is COc1ccc(N[C@@H](C)C(=O)Nc2ccc3c(c2)OCCO3)c(OC)c1. The lowest BCUT2D eigenvalue weighted by atomic mass is 10.2. The van der Waals surface area contributed by atoms with Crippen LogP contribution in [0.5, 0.6) is 23.0 Å². The number of anilines is 2. The average molecular weight is 358 g/mol. The number of ether oxygens (including phenoxy) is 4. The van der Waals surface area contributed by atoms with Crippen molar-refractivity contribution in [3.05, 3.63) is 36.4 Å². The quantitative estimate of drug-likeness (QED) is 0.827. The fourth-order valence-corrected chi connectivity index (χ4v) is 2.59. The minimum atomic E-state index is -0.481. The Kier molecular flexibility index (Phi) is 5.36. The largest absolute Gasteiger partial charge is 0.497 e.